The van der Waals surface area contributed by atoms with Crippen molar-refractivity contribution in [3.05, 3.63) is 16.4 Å². The van der Waals surface area contributed by atoms with E-state index < -0.39 is 0 Å². The molecular formula is C12H16ClN3O3. The maximum atomic E-state index is 11.0. The van der Waals surface area contributed by atoms with Crippen molar-refractivity contribution >= 4 is 23.5 Å². The number of anilines is 1. The van der Waals surface area contributed by atoms with Crippen LogP contribution in [0.15, 0.2) is 0 Å². The summed E-state index contributed by atoms with van der Waals surface area (Å²) in [4.78, 5) is 19.2. The van der Waals surface area contributed by atoms with Gasteiger partial charge in [-0.15, -0.1) is 0 Å². The fraction of sp³-hybridized carbons (Fsp3) is 0.583. The number of nitrogens with zero attached hydrogens (tertiary/aromatic N) is 2. The molecule has 0 radical (unpaired) electrons. The zero-order valence-electron chi connectivity index (χ0n) is 10.9. The monoisotopic (exact) mass is 285 g/mol. The highest BCUT2D eigenvalue weighted by molar-refractivity contribution is 6.30. The molecule has 1 N–H and O–H groups in total. The Morgan fingerprint density at radius 2 is 2.11 bits per heavy atom. The standard InChI is InChI=1S/C12H16ClN3O3/c1-7-9(3-4-10-18-5-6-19-10)11(13)16-12(14-7)15-8(2)17/h10H,3-6H2,1-2H3,(H,14,15,16,17). The van der Waals surface area contributed by atoms with Crippen LogP contribution in [0, 0.1) is 6.92 Å². The van der Waals surface area contributed by atoms with E-state index in [2.05, 4.69) is 15.3 Å². The van der Waals surface area contributed by atoms with Crippen molar-refractivity contribution in [2.45, 2.75) is 33.0 Å². The fourth-order valence-electron chi connectivity index (χ4n) is 1.89. The van der Waals surface area contributed by atoms with Gasteiger partial charge in [0.1, 0.15) is 5.15 Å². The maximum absolute atomic E-state index is 11.0. The summed E-state index contributed by atoms with van der Waals surface area (Å²) in [6.07, 6.45) is 1.21. The second kappa shape index (κ2) is 6.27. The van der Waals surface area contributed by atoms with Gasteiger partial charge < -0.3 is 9.47 Å². The summed E-state index contributed by atoms with van der Waals surface area (Å²) in [5, 5.41) is 2.87. The number of amides is 1. The summed E-state index contributed by atoms with van der Waals surface area (Å²) in [7, 11) is 0. The number of rotatable bonds is 4. The minimum Gasteiger partial charge on any atom is -0.350 e. The van der Waals surface area contributed by atoms with E-state index in [1.807, 2.05) is 6.92 Å². The van der Waals surface area contributed by atoms with Gasteiger partial charge in [-0.05, 0) is 13.3 Å². The Balaban J connectivity index is 2.05. The van der Waals surface area contributed by atoms with Crippen LogP contribution >= 0.6 is 11.6 Å². The second-order valence-electron chi connectivity index (χ2n) is 4.29. The molecule has 6 nitrogen and oxygen atoms in total. The van der Waals surface area contributed by atoms with Crippen LogP contribution in [0.1, 0.15) is 24.6 Å². The molecule has 0 saturated carbocycles. The molecule has 1 amide bonds. The van der Waals surface area contributed by atoms with Crippen LogP contribution in [0.5, 0.6) is 0 Å². The van der Waals surface area contributed by atoms with Crippen molar-refractivity contribution in [3.8, 4) is 0 Å². The van der Waals surface area contributed by atoms with Gasteiger partial charge in [-0.1, -0.05) is 11.6 Å². The summed E-state index contributed by atoms with van der Waals surface area (Å²) >= 11 is 6.12. The number of ether oxygens (including phenoxy) is 2. The third-order valence-electron chi connectivity index (χ3n) is 2.77. The highest BCUT2D eigenvalue weighted by atomic mass is 35.5. The minimum absolute atomic E-state index is 0.175. The largest absolute Gasteiger partial charge is 0.350 e. The van der Waals surface area contributed by atoms with Crippen molar-refractivity contribution in [1.82, 2.24) is 9.97 Å². The Morgan fingerprint density at radius 3 is 2.68 bits per heavy atom. The molecule has 2 rings (SSSR count). The van der Waals surface area contributed by atoms with Crippen molar-refractivity contribution < 1.29 is 14.3 Å². The van der Waals surface area contributed by atoms with Crippen molar-refractivity contribution in [2.24, 2.45) is 0 Å². The number of hydrogen-bond acceptors (Lipinski definition) is 5. The van der Waals surface area contributed by atoms with E-state index in [1.165, 1.54) is 6.92 Å². The zero-order chi connectivity index (χ0) is 13.8. The first kappa shape index (κ1) is 14.2. The summed E-state index contributed by atoms with van der Waals surface area (Å²) in [6.45, 7) is 4.50. The average Bonchev–Trinajstić information content (AvgIpc) is 2.79. The molecule has 0 spiro atoms. The second-order valence-corrected chi connectivity index (χ2v) is 4.65. The predicted octanol–water partition coefficient (Wildman–Crippen LogP) is 1.70. The molecule has 1 aromatic rings. The molecule has 0 bridgehead atoms. The van der Waals surface area contributed by atoms with Gasteiger partial charge >= 0.3 is 0 Å². The fourth-order valence-corrected chi connectivity index (χ4v) is 2.21. The first-order chi connectivity index (χ1) is 9.06. The van der Waals surface area contributed by atoms with Gasteiger partial charge in [-0.2, -0.15) is 0 Å². The van der Waals surface area contributed by atoms with E-state index in [1.54, 1.807) is 0 Å². The molecule has 1 aliphatic heterocycles. The Kier molecular flexibility index (Phi) is 4.68. The Hall–Kier alpha value is -1.24. The Morgan fingerprint density at radius 1 is 1.42 bits per heavy atom. The van der Waals surface area contributed by atoms with Gasteiger partial charge in [0.05, 0.1) is 13.2 Å². The van der Waals surface area contributed by atoms with E-state index in [0.717, 1.165) is 11.3 Å². The van der Waals surface area contributed by atoms with Crippen LogP contribution in [0.4, 0.5) is 5.95 Å². The highest BCUT2D eigenvalue weighted by Gasteiger charge is 2.18. The number of halogens is 1. The zero-order valence-corrected chi connectivity index (χ0v) is 11.7. The van der Waals surface area contributed by atoms with Crippen LogP contribution in [0.25, 0.3) is 0 Å². The smallest absolute Gasteiger partial charge is 0.231 e. The lowest BCUT2D eigenvalue weighted by Crippen LogP contribution is -2.13. The van der Waals surface area contributed by atoms with E-state index in [-0.39, 0.29) is 18.1 Å². The molecule has 1 fully saturated rings. The molecule has 2 heterocycles. The van der Waals surface area contributed by atoms with Gasteiger partial charge in [0.2, 0.25) is 11.9 Å². The van der Waals surface area contributed by atoms with Crippen LogP contribution in [0.2, 0.25) is 5.15 Å². The third-order valence-corrected chi connectivity index (χ3v) is 3.08. The summed E-state index contributed by atoms with van der Waals surface area (Å²) in [5.41, 5.74) is 1.61. The van der Waals surface area contributed by atoms with Gasteiger partial charge in [0.15, 0.2) is 6.29 Å². The number of carbonyl (C=O) groups is 1. The Bertz CT molecular complexity index is 452. The van der Waals surface area contributed by atoms with E-state index >= 15 is 0 Å². The lowest BCUT2D eigenvalue weighted by atomic mass is 10.1. The van der Waals surface area contributed by atoms with Gasteiger partial charge in [-0.3, -0.25) is 10.1 Å². The lowest BCUT2D eigenvalue weighted by molar-refractivity contribution is -0.114. The molecular weight excluding hydrogens is 270 g/mol. The average molecular weight is 286 g/mol. The number of carbonyl (C=O) groups excluding carboxylic acids is 1. The van der Waals surface area contributed by atoms with Crippen LogP contribution in [-0.2, 0) is 20.7 Å². The normalized spacial score (nSPS) is 15.7. The van der Waals surface area contributed by atoms with Crippen molar-refractivity contribution in [1.29, 1.82) is 0 Å². The molecule has 0 atom stereocenters. The van der Waals surface area contributed by atoms with Gasteiger partial charge in [0.25, 0.3) is 0 Å². The molecule has 0 aromatic carbocycles. The topological polar surface area (TPSA) is 73.3 Å². The summed E-state index contributed by atoms with van der Waals surface area (Å²) in [5.74, 6) is 0.00286. The number of nitrogens with one attached hydrogen (secondary N) is 1. The van der Waals surface area contributed by atoms with Crippen LogP contribution in [-0.4, -0.2) is 35.4 Å². The van der Waals surface area contributed by atoms with Crippen LogP contribution < -0.4 is 5.32 Å². The van der Waals surface area contributed by atoms with Gasteiger partial charge in [0, 0.05) is 24.6 Å². The SMILES string of the molecule is CC(=O)Nc1nc(C)c(CCC2OCCO2)c(Cl)n1. The first-order valence-corrected chi connectivity index (χ1v) is 6.48. The molecule has 104 valence electrons. The molecule has 1 aliphatic rings. The van der Waals surface area contributed by atoms with Crippen molar-refractivity contribution in [3.63, 3.8) is 0 Å². The number of aryl methyl sites for hydroxylation is 1. The van der Waals surface area contributed by atoms with Crippen LogP contribution in [0.3, 0.4) is 0 Å². The lowest BCUT2D eigenvalue weighted by Gasteiger charge is -2.12. The first-order valence-electron chi connectivity index (χ1n) is 6.10. The number of aromatic nitrogens is 2. The van der Waals surface area contributed by atoms with Crippen molar-refractivity contribution in [2.75, 3.05) is 18.5 Å². The van der Waals surface area contributed by atoms with E-state index in [9.17, 15) is 4.79 Å². The third kappa shape index (κ3) is 3.86. The number of hydrogen-bond donors (Lipinski definition) is 1. The molecule has 1 aromatic heterocycles. The maximum Gasteiger partial charge on any atom is 0.231 e. The summed E-state index contributed by atoms with van der Waals surface area (Å²) < 4.78 is 10.7. The molecule has 0 aliphatic carbocycles. The quantitative estimate of drug-likeness (QED) is 0.853. The molecule has 1 saturated heterocycles. The molecule has 0 unspecified atom stereocenters. The minimum atomic E-state index is -0.226. The summed E-state index contributed by atoms with van der Waals surface area (Å²) in [6, 6.07) is 0. The molecule has 7 heteroatoms. The van der Waals surface area contributed by atoms with E-state index in [4.69, 9.17) is 21.1 Å². The highest BCUT2D eigenvalue weighted by Crippen LogP contribution is 2.22. The predicted molar refractivity (Wildman–Crippen MR) is 70.1 cm³/mol. The Labute approximate surface area is 116 Å². The molecule has 19 heavy (non-hydrogen) atoms. The van der Waals surface area contributed by atoms with Gasteiger partial charge in [-0.25, -0.2) is 9.97 Å². The van der Waals surface area contributed by atoms with E-state index in [0.29, 0.717) is 31.2 Å².